The van der Waals surface area contributed by atoms with Crippen molar-refractivity contribution < 1.29 is 4.74 Å². The molecule has 1 aromatic carbocycles. The molecule has 0 atom stereocenters. The topological polar surface area (TPSA) is 52.0 Å². The molecule has 2 rings (SSSR count). The number of aryl methyl sites for hydroxylation is 2. The van der Waals surface area contributed by atoms with Gasteiger partial charge in [0, 0.05) is 24.8 Å². The number of nitrogens with one attached hydrogen (secondary N) is 1. The molecule has 0 spiro atoms. The van der Waals surface area contributed by atoms with Crippen LogP contribution < -0.4 is 10.1 Å². The summed E-state index contributed by atoms with van der Waals surface area (Å²) in [7, 11) is 1.68. The Morgan fingerprint density at radius 3 is 2.52 bits per heavy atom. The van der Waals surface area contributed by atoms with Crippen LogP contribution in [0.5, 0.6) is 5.75 Å². The predicted octanol–water partition coefficient (Wildman–Crippen LogP) is 2.42. The molecule has 2 aromatic rings. The number of ether oxygens (including phenoxy) is 1. The van der Waals surface area contributed by atoms with Crippen LogP contribution in [0.2, 0.25) is 0 Å². The first-order chi connectivity index (χ1) is 9.96. The summed E-state index contributed by atoms with van der Waals surface area (Å²) in [5.41, 5.74) is 2.33. The molecule has 0 aliphatic heterocycles. The molecule has 0 unspecified atom stereocenters. The monoisotopic (exact) mass is 288 g/mol. The molecule has 114 valence electrons. The Morgan fingerprint density at radius 2 is 1.90 bits per heavy atom. The van der Waals surface area contributed by atoms with Crippen molar-refractivity contribution in [3.63, 3.8) is 0 Å². The number of benzene rings is 1. The van der Waals surface area contributed by atoms with Crippen molar-refractivity contribution in [2.75, 3.05) is 7.11 Å². The largest absolute Gasteiger partial charge is 0.497 e. The predicted molar refractivity (Wildman–Crippen MR) is 83.3 cm³/mol. The van der Waals surface area contributed by atoms with Crippen LogP contribution in [0.25, 0.3) is 0 Å². The van der Waals surface area contributed by atoms with Gasteiger partial charge in [0.15, 0.2) is 0 Å². The van der Waals surface area contributed by atoms with Crippen LogP contribution in [0, 0.1) is 0 Å². The van der Waals surface area contributed by atoms with Crippen LogP contribution in [0.15, 0.2) is 30.5 Å². The second-order valence-electron chi connectivity index (χ2n) is 6.17. The Balaban J connectivity index is 1.84. The van der Waals surface area contributed by atoms with Crippen LogP contribution in [0.4, 0.5) is 0 Å². The average Bonchev–Trinajstić information content (AvgIpc) is 2.91. The van der Waals surface area contributed by atoms with Crippen LogP contribution in [-0.2, 0) is 19.5 Å². The maximum Gasteiger partial charge on any atom is 0.118 e. The quantitative estimate of drug-likeness (QED) is 0.887. The SMILES string of the molecule is COc1ccc(CCn2cc(CNC(C)(C)C)nn2)cc1. The number of hydrogen-bond donors (Lipinski definition) is 1. The van der Waals surface area contributed by atoms with Gasteiger partial charge in [-0.1, -0.05) is 17.3 Å². The second-order valence-corrected chi connectivity index (χ2v) is 6.17. The van der Waals surface area contributed by atoms with Gasteiger partial charge in [-0.25, -0.2) is 0 Å². The van der Waals surface area contributed by atoms with Gasteiger partial charge in [0.25, 0.3) is 0 Å². The van der Waals surface area contributed by atoms with Gasteiger partial charge < -0.3 is 10.1 Å². The second kappa shape index (κ2) is 6.72. The summed E-state index contributed by atoms with van der Waals surface area (Å²) in [4.78, 5) is 0. The normalized spacial score (nSPS) is 11.6. The first-order valence-electron chi connectivity index (χ1n) is 7.23. The molecule has 1 N–H and O–H groups in total. The molecule has 1 heterocycles. The molecule has 0 amide bonds. The summed E-state index contributed by atoms with van der Waals surface area (Å²) < 4.78 is 7.05. The molecule has 0 saturated heterocycles. The van der Waals surface area contributed by atoms with Gasteiger partial charge in [0.05, 0.1) is 12.8 Å². The van der Waals surface area contributed by atoms with E-state index in [4.69, 9.17) is 4.74 Å². The first kappa shape index (κ1) is 15.5. The number of hydrogen-bond acceptors (Lipinski definition) is 4. The lowest BCUT2D eigenvalue weighted by atomic mass is 10.1. The molecule has 0 aliphatic carbocycles. The van der Waals surface area contributed by atoms with E-state index in [9.17, 15) is 0 Å². The van der Waals surface area contributed by atoms with E-state index in [1.807, 2.05) is 23.0 Å². The molecular formula is C16H24N4O. The zero-order valence-electron chi connectivity index (χ0n) is 13.3. The van der Waals surface area contributed by atoms with E-state index in [1.54, 1.807) is 7.11 Å². The van der Waals surface area contributed by atoms with Crippen LogP contribution in [0.3, 0.4) is 0 Å². The standard InChI is InChI=1S/C16H24N4O/c1-16(2,3)17-11-14-12-20(19-18-14)10-9-13-5-7-15(21-4)8-6-13/h5-8,12,17H,9-11H2,1-4H3. The number of nitrogens with zero attached hydrogens (tertiary/aromatic N) is 3. The Kier molecular flexibility index (Phi) is 4.96. The van der Waals surface area contributed by atoms with Crippen molar-refractivity contribution in [3.8, 4) is 5.75 Å². The number of aromatic nitrogens is 3. The summed E-state index contributed by atoms with van der Waals surface area (Å²) >= 11 is 0. The van der Waals surface area contributed by atoms with Crippen molar-refractivity contribution in [1.82, 2.24) is 20.3 Å². The molecule has 0 aliphatic rings. The van der Waals surface area contributed by atoms with Gasteiger partial charge in [0.2, 0.25) is 0 Å². The van der Waals surface area contributed by atoms with Gasteiger partial charge in [-0.2, -0.15) is 0 Å². The van der Waals surface area contributed by atoms with E-state index >= 15 is 0 Å². The molecule has 0 bridgehead atoms. The summed E-state index contributed by atoms with van der Waals surface area (Å²) in [6.45, 7) is 7.99. The van der Waals surface area contributed by atoms with Gasteiger partial charge in [-0.15, -0.1) is 5.10 Å². The van der Waals surface area contributed by atoms with Crippen LogP contribution in [-0.4, -0.2) is 27.6 Å². The highest BCUT2D eigenvalue weighted by atomic mass is 16.5. The van der Waals surface area contributed by atoms with Crippen LogP contribution in [0.1, 0.15) is 32.0 Å². The number of rotatable bonds is 6. The van der Waals surface area contributed by atoms with Crippen molar-refractivity contribution in [2.45, 2.75) is 45.8 Å². The summed E-state index contributed by atoms with van der Waals surface area (Å²) in [6, 6.07) is 8.13. The third-order valence-electron chi connectivity index (χ3n) is 3.17. The first-order valence-corrected chi connectivity index (χ1v) is 7.23. The van der Waals surface area contributed by atoms with Gasteiger partial charge in [-0.05, 0) is 44.9 Å². The van der Waals surface area contributed by atoms with Crippen molar-refractivity contribution in [1.29, 1.82) is 0 Å². The van der Waals surface area contributed by atoms with E-state index in [0.717, 1.165) is 31.0 Å². The summed E-state index contributed by atoms with van der Waals surface area (Å²) in [6.07, 6.45) is 2.93. The lowest BCUT2D eigenvalue weighted by Crippen LogP contribution is -2.35. The summed E-state index contributed by atoms with van der Waals surface area (Å²) in [5.74, 6) is 0.884. The van der Waals surface area contributed by atoms with Gasteiger partial charge in [0.1, 0.15) is 5.75 Å². The van der Waals surface area contributed by atoms with E-state index in [1.165, 1.54) is 5.56 Å². The Bertz CT molecular complexity index is 554. The zero-order valence-corrected chi connectivity index (χ0v) is 13.3. The molecule has 1 aromatic heterocycles. The minimum atomic E-state index is 0.0902. The summed E-state index contributed by atoms with van der Waals surface area (Å²) in [5, 5.41) is 11.8. The minimum Gasteiger partial charge on any atom is -0.497 e. The molecule has 0 fully saturated rings. The van der Waals surface area contributed by atoms with E-state index in [2.05, 4.69) is 48.5 Å². The Morgan fingerprint density at radius 1 is 1.19 bits per heavy atom. The van der Waals surface area contributed by atoms with Crippen molar-refractivity contribution in [2.24, 2.45) is 0 Å². The van der Waals surface area contributed by atoms with E-state index in [0.29, 0.717) is 0 Å². The fraction of sp³-hybridized carbons (Fsp3) is 0.500. The highest BCUT2D eigenvalue weighted by Gasteiger charge is 2.10. The Hall–Kier alpha value is -1.88. The molecule has 5 nitrogen and oxygen atoms in total. The molecule has 0 radical (unpaired) electrons. The molecule has 21 heavy (non-hydrogen) atoms. The van der Waals surface area contributed by atoms with Crippen LogP contribution >= 0.6 is 0 Å². The fourth-order valence-electron chi connectivity index (χ4n) is 1.92. The lowest BCUT2D eigenvalue weighted by Gasteiger charge is -2.19. The number of methoxy groups -OCH3 is 1. The van der Waals surface area contributed by atoms with E-state index < -0.39 is 0 Å². The van der Waals surface area contributed by atoms with Gasteiger partial charge >= 0.3 is 0 Å². The highest BCUT2D eigenvalue weighted by Crippen LogP contribution is 2.12. The molecule has 0 saturated carbocycles. The van der Waals surface area contributed by atoms with Crippen molar-refractivity contribution in [3.05, 3.63) is 41.7 Å². The third-order valence-corrected chi connectivity index (χ3v) is 3.17. The van der Waals surface area contributed by atoms with Crippen molar-refractivity contribution >= 4 is 0 Å². The minimum absolute atomic E-state index is 0.0902. The fourth-order valence-corrected chi connectivity index (χ4v) is 1.92. The van der Waals surface area contributed by atoms with E-state index in [-0.39, 0.29) is 5.54 Å². The highest BCUT2D eigenvalue weighted by molar-refractivity contribution is 5.27. The maximum atomic E-state index is 5.16. The molecular weight excluding hydrogens is 264 g/mol. The lowest BCUT2D eigenvalue weighted by molar-refractivity contribution is 0.414. The maximum absolute atomic E-state index is 5.16. The zero-order chi connectivity index (χ0) is 15.3. The third kappa shape index (κ3) is 5.19. The Labute approximate surface area is 126 Å². The molecule has 5 heteroatoms. The van der Waals surface area contributed by atoms with Gasteiger partial charge in [-0.3, -0.25) is 4.68 Å². The average molecular weight is 288 g/mol. The smallest absolute Gasteiger partial charge is 0.118 e.